The molecular weight excluding hydrogens is 439 g/mol. The number of thiazole rings is 2. The van der Waals surface area contributed by atoms with Crippen LogP contribution in [0.25, 0.3) is 22.0 Å². The Labute approximate surface area is 216 Å². The number of nitrogens with zero attached hydrogens (tertiary/aromatic N) is 4. The van der Waals surface area contributed by atoms with Crippen molar-refractivity contribution in [3.8, 4) is 28.1 Å². The molecule has 3 heterocycles. The monoisotopic (exact) mass is 452 g/mol. The van der Waals surface area contributed by atoms with E-state index in [1.54, 1.807) is 12.1 Å². The average molecular weight is 453 g/mol. The first-order valence-corrected chi connectivity index (χ1v) is 9.76. The summed E-state index contributed by atoms with van der Waals surface area (Å²) in [6.45, 7) is 3.32. The van der Waals surface area contributed by atoms with Gasteiger partial charge in [-0.05, 0) is 19.1 Å². The second kappa shape index (κ2) is 9.43. The molecule has 4 aromatic rings. The van der Waals surface area contributed by atoms with Gasteiger partial charge in [0.2, 0.25) is 5.91 Å². The van der Waals surface area contributed by atoms with E-state index in [9.17, 15) is 9.90 Å². The SMILES string of the molecule is CC(=O)Nc1nc(C)c(-c2csc(Nc3cccc(-c4nnc([O-])o4)c3)n2)s1.[K+]. The predicted octanol–water partition coefficient (Wildman–Crippen LogP) is 0.405. The van der Waals surface area contributed by atoms with Crippen molar-refractivity contribution in [2.24, 2.45) is 0 Å². The molecule has 0 atom stereocenters. The van der Waals surface area contributed by atoms with Crippen LogP contribution in [0.4, 0.5) is 16.0 Å². The second-order valence-electron chi connectivity index (χ2n) is 5.73. The Morgan fingerprint density at radius 2 is 2.03 bits per heavy atom. The predicted molar refractivity (Wildman–Crippen MR) is 105 cm³/mol. The van der Waals surface area contributed by atoms with E-state index < -0.39 is 6.08 Å². The zero-order chi connectivity index (χ0) is 19.7. The summed E-state index contributed by atoms with van der Waals surface area (Å²) in [5.74, 6) is 0.00502. The largest absolute Gasteiger partial charge is 1.00 e. The van der Waals surface area contributed by atoms with Crippen LogP contribution < -0.4 is 67.1 Å². The van der Waals surface area contributed by atoms with Crippen molar-refractivity contribution < 1.29 is 65.7 Å². The zero-order valence-corrected chi connectivity index (χ0v) is 20.5. The molecule has 0 fully saturated rings. The fourth-order valence-electron chi connectivity index (χ4n) is 2.45. The van der Waals surface area contributed by atoms with Gasteiger partial charge in [0.05, 0.1) is 16.3 Å². The molecule has 0 unspecified atom stereocenters. The van der Waals surface area contributed by atoms with Crippen LogP contribution in [0.1, 0.15) is 12.6 Å². The molecule has 142 valence electrons. The molecule has 1 amide bonds. The Morgan fingerprint density at radius 3 is 2.76 bits per heavy atom. The van der Waals surface area contributed by atoms with Crippen molar-refractivity contribution in [3.05, 3.63) is 35.3 Å². The van der Waals surface area contributed by atoms with Crippen molar-refractivity contribution in [3.63, 3.8) is 0 Å². The van der Waals surface area contributed by atoms with Crippen LogP contribution in [0, 0.1) is 6.92 Å². The van der Waals surface area contributed by atoms with Gasteiger partial charge in [0.1, 0.15) is 5.89 Å². The molecule has 1 aromatic carbocycles. The van der Waals surface area contributed by atoms with E-state index in [1.807, 2.05) is 24.4 Å². The second-order valence-corrected chi connectivity index (χ2v) is 7.59. The van der Waals surface area contributed by atoms with Crippen LogP contribution in [0.3, 0.4) is 0 Å². The van der Waals surface area contributed by atoms with Gasteiger partial charge in [0, 0.05) is 23.6 Å². The molecule has 0 bridgehead atoms. The maximum atomic E-state index is 11.2. The van der Waals surface area contributed by atoms with E-state index in [2.05, 4.69) is 30.8 Å². The summed E-state index contributed by atoms with van der Waals surface area (Å²) in [4.78, 5) is 21.1. The quantitative estimate of drug-likeness (QED) is 0.417. The Balaban J connectivity index is 0.00000240. The number of aryl methyl sites for hydroxylation is 1. The Bertz CT molecular complexity index is 1160. The van der Waals surface area contributed by atoms with Crippen molar-refractivity contribution in [2.45, 2.75) is 13.8 Å². The summed E-state index contributed by atoms with van der Waals surface area (Å²) in [6, 6.07) is 7.25. The molecule has 0 spiro atoms. The number of amides is 1. The number of aromatic nitrogens is 4. The van der Waals surface area contributed by atoms with Gasteiger partial charge in [-0.2, -0.15) is 0 Å². The molecule has 9 nitrogen and oxygen atoms in total. The molecule has 0 aliphatic heterocycles. The number of rotatable bonds is 5. The van der Waals surface area contributed by atoms with Crippen LogP contribution in [-0.2, 0) is 4.79 Å². The normalized spacial score (nSPS) is 10.4. The van der Waals surface area contributed by atoms with Gasteiger partial charge in [-0.15, -0.1) is 21.5 Å². The molecule has 0 radical (unpaired) electrons. The molecule has 0 saturated heterocycles. The Hall–Kier alpha value is -1.67. The van der Waals surface area contributed by atoms with E-state index in [0.717, 1.165) is 22.0 Å². The van der Waals surface area contributed by atoms with Gasteiger partial charge in [-0.3, -0.25) is 4.79 Å². The third-order valence-corrected chi connectivity index (χ3v) is 5.44. The molecule has 12 heteroatoms. The average Bonchev–Trinajstić information content (AvgIpc) is 3.35. The molecule has 0 aliphatic carbocycles. The molecular formula is C17H13KN6O3S2. The third-order valence-electron chi connectivity index (χ3n) is 3.58. The number of hydrogen-bond acceptors (Lipinski definition) is 10. The minimum Gasteiger partial charge on any atom is -0.548 e. The first-order chi connectivity index (χ1) is 13.5. The van der Waals surface area contributed by atoms with Crippen LogP contribution in [0.15, 0.2) is 34.1 Å². The number of carbonyl (C=O) groups is 1. The van der Waals surface area contributed by atoms with Gasteiger partial charge >= 0.3 is 51.4 Å². The van der Waals surface area contributed by atoms with Gasteiger partial charge in [-0.1, -0.05) is 23.5 Å². The third kappa shape index (κ3) is 5.28. The Kier molecular flexibility index (Phi) is 7.16. The molecule has 2 N–H and O–H groups in total. The number of hydrogen-bond donors (Lipinski definition) is 2. The smallest absolute Gasteiger partial charge is 0.548 e. The van der Waals surface area contributed by atoms with Crippen LogP contribution in [-0.4, -0.2) is 26.1 Å². The number of nitrogens with one attached hydrogen (secondary N) is 2. The van der Waals surface area contributed by atoms with Crippen LogP contribution in [0.5, 0.6) is 6.08 Å². The first kappa shape index (κ1) is 22.0. The topological polar surface area (TPSA) is 129 Å². The zero-order valence-electron chi connectivity index (χ0n) is 15.7. The summed E-state index contributed by atoms with van der Waals surface area (Å²) in [5, 5.41) is 27.2. The van der Waals surface area contributed by atoms with Crippen molar-refractivity contribution in [2.75, 3.05) is 10.6 Å². The first-order valence-electron chi connectivity index (χ1n) is 8.07. The van der Waals surface area contributed by atoms with E-state index in [0.29, 0.717) is 15.8 Å². The fourth-order valence-corrected chi connectivity index (χ4v) is 4.22. The summed E-state index contributed by atoms with van der Waals surface area (Å²) in [5.41, 5.74) is 2.99. The molecule has 4 rings (SSSR count). The van der Waals surface area contributed by atoms with Gasteiger partial charge in [0.25, 0.3) is 0 Å². The molecule has 3 aromatic heterocycles. The molecule has 0 aliphatic rings. The van der Waals surface area contributed by atoms with Gasteiger partial charge in [0.15, 0.2) is 16.3 Å². The fraction of sp³-hybridized carbons (Fsp3) is 0.118. The van der Waals surface area contributed by atoms with Crippen molar-refractivity contribution in [1.29, 1.82) is 0 Å². The number of benzene rings is 1. The van der Waals surface area contributed by atoms with Gasteiger partial charge in [-0.25, -0.2) is 9.97 Å². The standard InChI is InChI=1S/C17H14N6O3S2.K/c1-8-13(28-16(18-8)19-9(2)24)12-7-27-15(21-12)20-11-5-3-4-10(6-11)14-22-23-17(25)26-14;/h3-7H,1-2H3,(H,20,21)(H,23,25)(H,18,19,24);/q;+1/p-1. The maximum Gasteiger partial charge on any atom is 1.00 e. The maximum absolute atomic E-state index is 11.2. The minimum atomic E-state index is -0.725. The van der Waals surface area contributed by atoms with E-state index >= 15 is 0 Å². The molecule has 0 saturated carbocycles. The van der Waals surface area contributed by atoms with Crippen molar-refractivity contribution in [1.82, 2.24) is 20.2 Å². The summed E-state index contributed by atoms with van der Waals surface area (Å²) in [7, 11) is 0. The minimum absolute atomic E-state index is 0. The van der Waals surface area contributed by atoms with Crippen LogP contribution in [0.2, 0.25) is 0 Å². The number of carbonyl (C=O) groups excluding carboxylic acids is 1. The summed E-state index contributed by atoms with van der Waals surface area (Å²) in [6.07, 6.45) is -0.725. The number of anilines is 3. The van der Waals surface area contributed by atoms with E-state index in [1.165, 1.54) is 29.6 Å². The van der Waals surface area contributed by atoms with E-state index in [-0.39, 0.29) is 63.2 Å². The summed E-state index contributed by atoms with van der Waals surface area (Å²) >= 11 is 2.82. The van der Waals surface area contributed by atoms with Crippen LogP contribution >= 0.6 is 22.7 Å². The molecule has 29 heavy (non-hydrogen) atoms. The summed E-state index contributed by atoms with van der Waals surface area (Å²) < 4.78 is 4.93. The van der Waals surface area contributed by atoms with E-state index in [4.69, 9.17) is 4.42 Å². The van der Waals surface area contributed by atoms with Gasteiger partial charge < -0.3 is 20.2 Å². The van der Waals surface area contributed by atoms with Crippen molar-refractivity contribution >= 4 is 44.5 Å². The Morgan fingerprint density at radius 1 is 1.21 bits per heavy atom.